The van der Waals surface area contributed by atoms with E-state index in [9.17, 15) is 4.79 Å². The maximum absolute atomic E-state index is 11.6. The summed E-state index contributed by atoms with van der Waals surface area (Å²) in [4.78, 5) is 11.6. The Morgan fingerprint density at radius 1 is 1.57 bits per heavy atom. The van der Waals surface area contributed by atoms with Gasteiger partial charge in [0.15, 0.2) is 0 Å². The molecule has 3 heteroatoms. The van der Waals surface area contributed by atoms with Crippen LogP contribution in [0.15, 0.2) is 23.9 Å². The predicted octanol–water partition coefficient (Wildman–Crippen LogP) is 1.32. The van der Waals surface area contributed by atoms with Gasteiger partial charge in [-0.2, -0.15) is 0 Å². The number of allylic oxidation sites excluding steroid dienone is 2. The second kappa shape index (κ2) is 3.86. The summed E-state index contributed by atoms with van der Waals surface area (Å²) in [5.41, 5.74) is 6.14. The highest BCUT2D eigenvalue weighted by Gasteiger charge is 2.23. The van der Waals surface area contributed by atoms with E-state index in [1.807, 2.05) is 39.0 Å². The molecule has 0 aromatic heterocycles. The van der Waals surface area contributed by atoms with E-state index < -0.39 is 0 Å². The van der Waals surface area contributed by atoms with Gasteiger partial charge in [-0.25, -0.2) is 0 Å². The van der Waals surface area contributed by atoms with Crippen LogP contribution in [0.4, 0.5) is 0 Å². The Bertz CT molecular complexity index is 284. The molecular formula is C11H18N2O. The van der Waals surface area contributed by atoms with Gasteiger partial charge in [0, 0.05) is 17.5 Å². The molecule has 0 heterocycles. The SMILES string of the molecule is CC(C)(C)C(=O)NC1C=CC=C(N)C1. The molecule has 0 aromatic carbocycles. The molecule has 0 spiro atoms. The smallest absolute Gasteiger partial charge is 0.225 e. The summed E-state index contributed by atoms with van der Waals surface area (Å²) < 4.78 is 0. The Balaban J connectivity index is 2.51. The largest absolute Gasteiger partial charge is 0.402 e. The topological polar surface area (TPSA) is 55.1 Å². The fraction of sp³-hybridized carbons (Fsp3) is 0.545. The first-order chi connectivity index (χ1) is 6.39. The van der Waals surface area contributed by atoms with Crippen molar-refractivity contribution in [1.29, 1.82) is 0 Å². The van der Waals surface area contributed by atoms with Crippen molar-refractivity contribution in [1.82, 2.24) is 5.32 Å². The van der Waals surface area contributed by atoms with Crippen LogP contribution in [-0.2, 0) is 4.79 Å². The standard InChI is InChI=1S/C11H18N2O/c1-11(2,3)10(14)13-9-6-4-5-8(12)7-9/h4-6,9H,7,12H2,1-3H3,(H,13,14). The Morgan fingerprint density at radius 2 is 2.21 bits per heavy atom. The monoisotopic (exact) mass is 194 g/mol. The molecule has 3 N–H and O–H groups in total. The molecule has 1 amide bonds. The minimum atomic E-state index is -0.343. The molecule has 1 unspecified atom stereocenters. The Morgan fingerprint density at radius 3 is 2.71 bits per heavy atom. The molecular weight excluding hydrogens is 176 g/mol. The lowest BCUT2D eigenvalue weighted by Crippen LogP contribution is -2.41. The summed E-state index contributed by atoms with van der Waals surface area (Å²) in [7, 11) is 0. The van der Waals surface area contributed by atoms with Crippen LogP contribution in [0.25, 0.3) is 0 Å². The van der Waals surface area contributed by atoms with E-state index >= 15 is 0 Å². The molecule has 0 fully saturated rings. The Labute approximate surface area is 85.1 Å². The first-order valence-electron chi connectivity index (χ1n) is 4.83. The molecule has 0 aliphatic heterocycles. The van der Waals surface area contributed by atoms with Crippen molar-refractivity contribution in [2.75, 3.05) is 0 Å². The van der Waals surface area contributed by atoms with Gasteiger partial charge >= 0.3 is 0 Å². The van der Waals surface area contributed by atoms with Crippen LogP contribution in [0.3, 0.4) is 0 Å². The summed E-state index contributed by atoms with van der Waals surface area (Å²) >= 11 is 0. The lowest BCUT2D eigenvalue weighted by molar-refractivity contribution is -0.128. The minimum absolute atomic E-state index is 0.0479. The van der Waals surface area contributed by atoms with E-state index in [0.717, 1.165) is 5.70 Å². The van der Waals surface area contributed by atoms with Gasteiger partial charge in [0.25, 0.3) is 0 Å². The summed E-state index contributed by atoms with van der Waals surface area (Å²) in [6.45, 7) is 5.69. The number of carbonyl (C=O) groups is 1. The van der Waals surface area contributed by atoms with Gasteiger partial charge in [-0.1, -0.05) is 32.9 Å². The van der Waals surface area contributed by atoms with Crippen LogP contribution in [0.1, 0.15) is 27.2 Å². The molecule has 1 rings (SSSR count). The summed E-state index contributed by atoms with van der Waals surface area (Å²) in [5.74, 6) is 0.0573. The van der Waals surface area contributed by atoms with E-state index in [-0.39, 0.29) is 17.4 Å². The molecule has 1 atom stereocenters. The molecule has 0 aromatic rings. The maximum Gasteiger partial charge on any atom is 0.225 e. The van der Waals surface area contributed by atoms with Gasteiger partial charge < -0.3 is 11.1 Å². The van der Waals surface area contributed by atoms with Gasteiger partial charge in [0.1, 0.15) is 0 Å². The highest BCUT2D eigenvalue weighted by atomic mass is 16.2. The van der Waals surface area contributed by atoms with Gasteiger partial charge in [0.2, 0.25) is 5.91 Å². The maximum atomic E-state index is 11.6. The van der Waals surface area contributed by atoms with Crippen LogP contribution >= 0.6 is 0 Å². The molecule has 14 heavy (non-hydrogen) atoms. The van der Waals surface area contributed by atoms with E-state index in [1.54, 1.807) is 0 Å². The quantitative estimate of drug-likeness (QED) is 0.661. The van der Waals surface area contributed by atoms with Crippen molar-refractivity contribution >= 4 is 5.91 Å². The van der Waals surface area contributed by atoms with Crippen molar-refractivity contribution in [3.63, 3.8) is 0 Å². The van der Waals surface area contributed by atoms with Crippen molar-refractivity contribution in [2.24, 2.45) is 11.1 Å². The third-order valence-electron chi connectivity index (χ3n) is 2.11. The number of nitrogens with two attached hydrogens (primary N) is 1. The lowest BCUT2D eigenvalue weighted by Gasteiger charge is -2.23. The third kappa shape index (κ3) is 2.91. The van der Waals surface area contributed by atoms with Crippen LogP contribution in [0.5, 0.6) is 0 Å². The van der Waals surface area contributed by atoms with Crippen molar-refractivity contribution < 1.29 is 4.79 Å². The van der Waals surface area contributed by atoms with Gasteiger partial charge in [-0.15, -0.1) is 0 Å². The molecule has 0 saturated heterocycles. The average Bonchev–Trinajstić information content (AvgIpc) is 2.02. The Kier molecular flexibility index (Phi) is 2.99. The summed E-state index contributed by atoms with van der Waals surface area (Å²) in [5, 5.41) is 2.94. The second-order valence-corrected chi connectivity index (χ2v) is 4.66. The molecule has 0 radical (unpaired) electrons. The van der Waals surface area contributed by atoms with Gasteiger partial charge in [0.05, 0.1) is 6.04 Å². The van der Waals surface area contributed by atoms with Gasteiger partial charge in [-0.3, -0.25) is 4.79 Å². The van der Waals surface area contributed by atoms with Crippen molar-refractivity contribution in [3.05, 3.63) is 23.9 Å². The number of hydrogen-bond acceptors (Lipinski definition) is 2. The highest BCUT2D eigenvalue weighted by Crippen LogP contribution is 2.15. The number of rotatable bonds is 1. The number of hydrogen-bond donors (Lipinski definition) is 2. The van der Waals surface area contributed by atoms with E-state index in [1.165, 1.54) is 0 Å². The Hall–Kier alpha value is -1.25. The van der Waals surface area contributed by atoms with E-state index in [2.05, 4.69) is 5.32 Å². The second-order valence-electron chi connectivity index (χ2n) is 4.66. The molecule has 0 saturated carbocycles. The van der Waals surface area contributed by atoms with Crippen LogP contribution in [0.2, 0.25) is 0 Å². The fourth-order valence-electron chi connectivity index (χ4n) is 1.19. The lowest BCUT2D eigenvalue weighted by atomic mass is 9.94. The number of carbonyl (C=O) groups excluding carboxylic acids is 1. The molecule has 78 valence electrons. The first kappa shape index (κ1) is 10.8. The first-order valence-corrected chi connectivity index (χ1v) is 4.83. The van der Waals surface area contributed by atoms with E-state index in [4.69, 9.17) is 5.73 Å². The number of nitrogens with one attached hydrogen (secondary N) is 1. The number of amides is 1. The van der Waals surface area contributed by atoms with Crippen LogP contribution in [0, 0.1) is 5.41 Å². The highest BCUT2D eigenvalue weighted by molar-refractivity contribution is 5.81. The zero-order valence-electron chi connectivity index (χ0n) is 9.00. The van der Waals surface area contributed by atoms with Gasteiger partial charge in [-0.05, 0) is 6.08 Å². The van der Waals surface area contributed by atoms with Crippen LogP contribution < -0.4 is 11.1 Å². The van der Waals surface area contributed by atoms with Crippen molar-refractivity contribution in [2.45, 2.75) is 33.2 Å². The minimum Gasteiger partial charge on any atom is -0.402 e. The summed E-state index contributed by atoms with van der Waals surface area (Å²) in [6, 6.07) is 0.0479. The normalized spacial score (nSPS) is 21.6. The zero-order valence-corrected chi connectivity index (χ0v) is 9.00. The zero-order chi connectivity index (χ0) is 10.8. The molecule has 0 bridgehead atoms. The molecule has 3 nitrogen and oxygen atoms in total. The average molecular weight is 194 g/mol. The summed E-state index contributed by atoms with van der Waals surface area (Å²) in [6.07, 6.45) is 6.41. The molecule has 1 aliphatic rings. The van der Waals surface area contributed by atoms with E-state index in [0.29, 0.717) is 6.42 Å². The third-order valence-corrected chi connectivity index (χ3v) is 2.11. The van der Waals surface area contributed by atoms with Crippen LogP contribution in [-0.4, -0.2) is 11.9 Å². The predicted molar refractivity (Wildman–Crippen MR) is 57.4 cm³/mol. The van der Waals surface area contributed by atoms with Crippen molar-refractivity contribution in [3.8, 4) is 0 Å². The molecule has 1 aliphatic carbocycles. The fourth-order valence-corrected chi connectivity index (χ4v) is 1.19.